The molecule has 1 rings (SSSR count). The third kappa shape index (κ3) is 2.55. The van der Waals surface area contributed by atoms with Crippen LogP contribution in [0.25, 0.3) is 0 Å². The molecule has 0 bridgehead atoms. The molecule has 0 aromatic carbocycles. The zero-order valence-electron chi connectivity index (χ0n) is 10.3. The normalized spacial score (nSPS) is 18.4. The molecule has 4 nitrogen and oxygen atoms in total. The molecule has 0 amide bonds. The Hall–Kier alpha value is -0.180. The number of rotatable bonds is 8. The molecule has 1 saturated carbocycles. The van der Waals surface area contributed by atoms with Crippen molar-refractivity contribution in [1.29, 1.82) is 0 Å². The number of carbonyl (C=O) groups excluding carboxylic acids is 1. The number of hydrogen-bond donors (Lipinski definition) is 0. The van der Waals surface area contributed by atoms with E-state index in [0.717, 1.165) is 12.8 Å². The number of ketones is 1. The molecule has 0 saturated heterocycles. The predicted molar refractivity (Wildman–Crippen MR) is 62.7 cm³/mol. The highest BCUT2D eigenvalue weighted by Gasteiger charge is 2.63. The van der Waals surface area contributed by atoms with E-state index in [1.165, 1.54) is 6.92 Å². The van der Waals surface area contributed by atoms with Crippen LogP contribution < -0.4 is 0 Å². The molecule has 0 atom stereocenters. The van der Waals surface area contributed by atoms with Gasteiger partial charge in [0.05, 0.1) is 13.2 Å². The van der Waals surface area contributed by atoms with Gasteiger partial charge in [-0.25, -0.2) is 0 Å². The van der Waals surface area contributed by atoms with Gasteiger partial charge in [0.2, 0.25) is 0 Å². The Morgan fingerprint density at radius 3 is 1.88 bits per heavy atom. The molecule has 0 radical (unpaired) electrons. The molecule has 1 aliphatic carbocycles. The van der Waals surface area contributed by atoms with Crippen LogP contribution in [-0.4, -0.2) is 24.2 Å². The zero-order valence-corrected chi connectivity index (χ0v) is 11.2. The summed E-state index contributed by atoms with van der Waals surface area (Å²) < 4.78 is 23.4. The quantitative estimate of drug-likeness (QED) is 0.619. The van der Waals surface area contributed by atoms with Crippen LogP contribution >= 0.6 is 7.60 Å². The first-order valence-corrected chi connectivity index (χ1v) is 7.47. The van der Waals surface area contributed by atoms with Crippen molar-refractivity contribution in [3.63, 3.8) is 0 Å². The Balaban J connectivity index is 2.78. The Morgan fingerprint density at radius 1 is 1.19 bits per heavy atom. The third-order valence-corrected chi connectivity index (χ3v) is 5.69. The Morgan fingerprint density at radius 2 is 1.62 bits per heavy atom. The van der Waals surface area contributed by atoms with Gasteiger partial charge >= 0.3 is 7.60 Å². The standard InChI is InChI=1S/C11H21O4P/c1-4-8-14-16(13,15-9-5-2)11(6-7-11)10(3)12/h4-9H2,1-3H3. The van der Waals surface area contributed by atoms with Gasteiger partial charge in [-0.1, -0.05) is 13.8 Å². The van der Waals surface area contributed by atoms with Gasteiger partial charge in [-0.2, -0.15) is 0 Å². The van der Waals surface area contributed by atoms with Crippen LogP contribution in [-0.2, 0) is 18.4 Å². The molecule has 1 fully saturated rings. The van der Waals surface area contributed by atoms with Crippen LogP contribution in [0.1, 0.15) is 46.5 Å². The summed E-state index contributed by atoms with van der Waals surface area (Å²) in [6.45, 7) is 6.13. The molecule has 5 heteroatoms. The van der Waals surface area contributed by atoms with Gasteiger partial charge in [-0.3, -0.25) is 9.36 Å². The highest BCUT2D eigenvalue weighted by atomic mass is 31.2. The first-order valence-electron chi connectivity index (χ1n) is 5.92. The summed E-state index contributed by atoms with van der Waals surface area (Å²) >= 11 is 0. The van der Waals surface area contributed by atoms with Crippen molar-refractivity contribution in [3.05, 3.63) is 0 Å². The lowest BCUT2D eigenvalue weighted by Gasteiger charge is -2.24. The number of hydrogen-bond acceptors (Lipinski definition) is 4. The summed E-state index contributed by atoms with van der Waals surface area (Å²) in [7, 11) is -3.25. The van der Waals surface area contributed by atoms with Crippen molar-refractivity contribution in [2.75, 3.05) is 13.2 Å². The second kappa shape index (κ2) is 5.44. The average Bonchev–Trinajstić information content (AvgIpc) is 3.04. The molecule has 0 unspecified atom stereocenters. The third-order valence-electron chi connectivity index (χ3n) is 2.83. The Labute approximate surface area is 97.2 Å². The maximum atomic E-state index is 12.6. The second-order valence-corrected chi connectivity index (χ2v) is 6.62. The van der Waals surface area contributed by atoms with Gasteiger partial charge in [-0.05, 0) is 32.6 Å². The lowest BCUT2D eigenvalue weighted by molar-refractivity contribution is -0.117. The van der Waals surface area contributed by atoms with E-state index in [9.17, 15) is 9.36 Å². The molecule has 0 aromatic rings. The Bertz CT molecular complexity index is 284. The lowest BCUT2D eigenvalue weighted by atomic mass is 10.3. The highest BCUT2D eigenvalue weighted by molar-refractivity contribution is 7.57. The summed E-state index contributed by atoms with van der Waals surface area (Å²) in [5, 5.41) is -0.822. The van der Waals surface area contributed by atoms with Crippen molar-refractivity contribution in [3.8, 4) is 0 Å². The van der Waals surface area contributed by atoms with E-state index in [0.29, 0.717) is 26.1 Å². The van der Waals surface area contributed by atoms with Crippen LogP contribution in [0.2, 0.25) is 0 Å². The maximum absolute atomic E-state index is 12.6. The first-order chi connectivity index (χ1) is 7.52. The minimum absolute atomic E-state index is 0.0666. The van der Waals surface area contributed by atoms with Crippen molar-refractivity contribution in [2.24, 2.45) is 0 Å². The second-order valence-electron chi connectivity index (χ2n) is 4.25. The minimum Gasteiger partial charge on any atom is -0.308 e. The minimum atomic E-state index is -3.25. The number of Topliss-reactive ketones (excluding diaryl/α,β-unsaturated/α-hetero) is 1. The molecule has 94 valence electrons. The van der Waals surface area contributed by atoms with Crippen molar-refractivity contribution in [1.82, 2.24) is 0 Å². The highest BCUT2D eigenvalue weighted by Crippen LogP contribution is 2.71. The molecule has 0 heterocycles. The fourth-order valence-corrected chi connectivity index (χ4v) is 4.10. The van der Waals surface area contributed by atoms with Gasteiger partial charge in [0, 0.05) is 0 Å². The summed E-state index contributed by atoms with van der Waals surface area (Å²) in [6.07, 6.45) is 2.81. The zero-order chi connectivity index (χ0) is 12.2. The van der Waals surface area contributed by atoms with Crippen molar-refractivity contribution >= 4 is 13.4 Å². The van der Waals surface area contributed by atoms with Gasteiger partial charge in [-0.15, -0.1) is 0 Å². The van der Waals surface area contributed by atoms with Gasteiger partial charge in [0.25, 0.3) is 0 Å². The molecule has 16 heavy (non-hydrogen) atoms. The first kappa shape index (κ1) is 13.9. The smallest absolute Gasteiger partial charge is 0.308 e. The summed E-state index contributed by atoms with van der Waals surface area (Å²) in [5.74, 6) is -0.0666. The molecule has 0 aromatic heterocycles. The van der Waals surface area contributed by atoms with Gasteiger partial charge < -0.3 is 9.05 Å². The predicted octanol–water partition coefficient (Wildman–Crippen LogP) is 3.15. The fraction of sp³-hybridized carbons (Fsp3) is 0.909. The largest absolute Gasteiger partial charge is 0.344 e. The van der Waals surface area contributed by atoms with E-state index in [-0.39, 0.29) is 5.78 Å². The van der Waals surface area contributed by atoms with Crippen LogP contribution in [0.3, 0.4) is 0 Å². The van der Waals surface area contributed by atoms with E-state index in [1.807, 2.05) is 13.8 Å². The molecular weight excluding hydrogens is 227 g/mol. The van der Waals surface area contributed by atoms with Crippen molar-refractivity contribution < 1.29 is 18.4 Å². The molecular formula is C11H21O4P. The molecule has 1 aliphatic rings. The van der Waals surface area contributed by atoms with Crippen molar-refractivity contribution in [2.45, 2.75) is 51.6 Å². The lowest BCUT2D eigenvalue weighted by Crippen LogP contribution is -2.23. The maximum Gasteiger partial charge on any atom is 0.344 e. The molecule has 0 spiro atoms. The van der Waals surface area contributed by atoms with Gasteiger partial charge in [0.15, 0.2) is 0 Å². The summed E-state index contributed by atoms with van der Waals surface area (Å²) in [6, 6.07) is 0. The van der Waals surface area contributed by atoms with E-state index in [2.05, 4.69) is 0 Å². The van der Waals surface area contributed by atoms with Crippen LogP contribution in [0.4, 0.5) is 0 Å². The van der Waals surface area contributed by atoms with Crippen LogP contribution in [0.15, 0.2) is 0 Å². The summed E-state index contributed by atoms with van der Waals surface area (Å²) in [5.41, 5.74) is 0. The monoisotopic (exact) mass is 248 g/mol. The SMILES string of the molecule is CCCOP(=O)(OCCC)C1(C(C)=O)CC1. The Kier molecular flexibility index (Phi) is 4.72. The van der Waals surface area contributed by atoms with E-state index in [4.69, 9.17) is 9.05 Å². The van der Waals surface area contributed by atoms with E-state index in [1.54, 1.807) is 0 Å². The summed E-state index contributed by atoms with van der Waals surface area (Å²) in [4.78, 5) is 11.6. The van der Waals surface area contributed by atoms with E-state index < -0.39 is 12.8 Å². The topological polar surface area (TPSA) is 52.6 Å². The fourth-order valence-electron chi connectivity index (χ4n) is 1.64. The van der Waals surface area contributed by atoms with Crippen LogP contribution in [0.5, 0.6) is 0 Å². The molecule has 0 aliphatic heterocycles. The van der Waals surface area contributed by atoms with Gasteiger partial charge in [0.1, 0.15) is 10.9 Å². The molecule has 0 N–H and O–H groups in total. The van der Waals surface area contributed by atoms with E-state index >= 15 is 0 Å². The average molecular weight is 248 g/mol. The number of carbonyl (C=O) groups is 1. The van der Waals surface area contributed by atoms with Crippen LogP contribution in [0, 0.1) is 0 Å².